The molecule has 0 bridgehead atoms. The van der Waals surface area contributed by atoms with E-state index >= 15 is 0 Å². The van der Waals surface area contributed by atoms with Crippen molar-refractivity contribution in [2.24, 2.45) is 0 Å². The fourth-order valence-electron chi connectivity index (χ4n) is 5.49. The fourth-order valence-corrected chi connectivity index (χ4v) is 5.49. The number of hydrogen-bond donors (Lipinski definition) is 3. The van der Waals surface area contributed by atoms with Crippen LogP contribution in [0, 0.1) is 5.82 Å². The van der Waals surface area contributed by atoms with E-state index in [2.05, 4.69) is 85.6 Å². The van der Waals surface area contributed by atoms with Crippen LogP contribution in [0.1, 0.15) is 30.0 Å². The molecule has 0 amide bonds. The zero-order valence-corrected chi connectivity index (χ0v) is 24.3. The van der Waals surface area contributed by atoms with Gasteiger partial charge < -0.3 is 10.3 Å². The number of aromatic amines is 2. The Hall–Kier alpha value is -5.14. The molecular weight excluding hydrogens is 535 g/mol. The number of allylic oxidation sites excluding steroid dienone is 5. The lowest BCUT2D eigenvalue weighted by molar-refractivity contribution is 0.624. The number of H-pyrrole nitrogens is 2. The molecule has 7 heteroatoms. The first kappa shape index (κ1) is 28.0. The number of pyridine rings is 2. The van der Waals surface area contributed by atoms with Gasteiger partial charge in [0.25, 0.3) is 0 Å². The minimum Gasteiger partial charge on any atom is -0.352 e. The number of hydrogen-bond acceptors (Lipinski definition) is 4. The summed E-state index contributed by atoms with van der Waals surface area (Å²) in [5.41, 5.74) is 10.2. The molecule has 0 aliphatic heterocycles. The molecule has 0 aliphatic carbocycles. The number of rotatable bonds is 10. The number of benzene rings is 2. The van der Waals surface area contributed by atoms with Crippen LogP contribution in [0.2, 0.25) is 0 Å². The number of aromatic nitrogens is 5. The molecule has 214 valence electrons. The van der Waals surface area contributed by atoms with Gasteiger partial charge in [0.15, 0.2) is 5.65 Å². The molecule has 43 heavy (non-hydrogen) atoms. The second-order valence-electron chi connectivity index (χ2n) is 10.6. The van der Waals surface area contributed by atoms with Crippen molar-refractivity contribution >= 4 is 27.5 Å². The monoisotopic (exact) mass is 568 g/mol. The predicted octanol–water partition coefficient (Wildman–Crippen LogP) is 8.18. The van der Waals surface area contributed by atoms with Crippen molar-refractivity contribution in [1.29, 1.82) is 0 Å². The summed E-state index contributed by atoms with van der Waals surface area (Å²) in [5, 5.41) is 12.6. The van der Waals surface area contributed by atoms with Gasteiger partial charge in [-0.1, -0.05) is 55.1 Å². The first-order valence-corrected chi connectivity index (χ1v) is 14.4. The van der Waals surface area contributed by atoms with Gasteiger partial charge in [-0.15, -0.1) is 0 Å². The Morgan fingerprint density at radius 3 is 2.65 bits per heavy atom. The summed E-state index contributed by atoms with van der Waals surface area (Å²) in [6.45, 7) is 6.67. The number of halogens is 1. The highest BCUT2D eigenvalue weighted by atomic mass is 19.1. The van der Waals surface area contributed by atoms with Crippen molar-refractivity contribution in [3.8, 4) is 22.5 Å². The lowest BCUT2D eigenvalue weighted by Gasteiger charge is -2.07. The van der Waals surface area contributed by atoms with Crippen molar-refractivity contribution in [2.45, 2.75) is 26.3 Å². The van der Waals surface area contributed by atoms with Crippen LogP contribution in [0.3, 0.4) is 0 Å². The molecule has 0 atom stereocenters. The Morgan fingerprint density at radius 2 is 1.86 bits per heavy atom. The molecule has 0 aliphatic rings. The standard InChI is InChI=1S/C36H33FN6/c1-4-23(11-12-24-9-7-6-8-10-24)13-26(5-2)28-17-31-35(42-43-36(31)40-20-28)33-18-30-32(21-39-22-34(30)41-33)27-14-25(19-38-3)15-29(37)16-27/h4-10,13-18,20-22,38,41H,1,11-12,19H2,2-3H3,(H,40,42,43)/b23-13+,26-5+. The summed E-state index contributed by atoms with van der Waals surface area (Å²) < 4.78 is 14.5. The SMILES string of the molecule is C=C/C(=C\C(=C/C)c1cnc2n[nH]c(-c3cc4c(-c5cc(F)cc(CNC)c5)cncc4[nH]3)c2c1)CCc1ccccc1. The van der Waals surface area contributed by atoms with E-state index in [1.54, 1.807) is 24.5 Å². The van der Waals surface area contributed by atoms with Crippen LogP contribution in [0.5, 0.6) is 0 Å². The maximum absolute atomic E-state index is 14.5. The summed E-state index contributed by atoms with van der Waals surface area (Å²) in [5.74, 6) is -0.276. The van der Waals surface area contributed by atoms with Crippen molar-refractivity contribution < 1.29 is 4.39 Å². The van der Waals surface area contributed by atoms with Crippen LogP contribution < -0.4 is 5.32 Å². The van der Waals surface area contributed by atoms with Crippen molar-refractivity contribution in [3.63, 3.8) is 0 Å². The van der Waals surface area contributed by atoms with Crippen LogP contribution in [0.15, 0.2) is 110 Å². The molecule has 0 radical (unpaired) electrons. The van der Waals surface area contributed by atoms with E-state index in [1.807, 2.05) is 38.4 Å². The van der Waals surface area contributed by atoms with Crippen molar-refractivity contribution in [2.75, 3.05) is 7.05 Å². The third kappa shape index (κ3) is 5.94. The lowest BCUT2D eigenvalue weighted by atomic mass is 9.99. The highest BCUT2D eigenvalue weighted by Crippen LogP contribution is 2.34. The first-order valence-electron chi connectivity index (χ1n) is 14.4. The van der Waals surface area contributed by atoms with Gasteiger partial charge in [-0.2, -0.15) is 5.10 Å². The third-order valence-electron chi connectivity index (χ3n) is 7.67. The summed E-state index contributed by atoms with van der Waals surface area (Å²) in [6.07, 6.45) is 13.5. The molecule has 0 spiro atoms. The van der Waals surface area contributed by atoms with Gasteiger partial charge in [-0.3, -0.25) is 10.1 Å². The number of aryl methyl sites for hydroxylation is 1. The number of fused-ring (bicyclic) bond motifs is 2. The maximum Gasteiger partial charge on any atom is 0.181 e. The predicted molar refractivity (Wildman–Crippen MR) is 174 cm³/mol. The maximum atomic E-state index is 14.5. The van der Waals surface area contributed by atoms with E-state index in [0.717, 1.165) is 73.9 Å². The van der Waals surface area contributed by atoms with E-state index in [1.165, 1.54) is 5.56 Å². The molecule has 6 nitrogen and oxygen atoms in total. The second-order valence-corrected chi connectivity index (χ2v) is 10.6. The zero-order valence-electron chi connectivity index (χ0n) is 24.3. The Bertz CT molecular complexity index is 1980. The molecule has 0 saturated carbocycles. The highest BCUT2D eigenvalue weighted by Gasteiger charge is 2.16. The van der Waals surface area contributed by atoms with E-state index in [0.29, 0.717) is 12.2 Å². The average Bonchev–Trinajstić information content (AvgIpc) is 3.65. The van der Waals surface area contributed by atoms with Crippen molar-refractivity contribution in [3.05, 3.63) is 132 Å². The Balaban J connectivity index is 1.35. The van der Waals surface area contributed by atoms with Gasteiger partial charge in [0.1, 0.15) is 5.82 Å². The molecule has 6 rings (SSSR count). The quantitative estimate of drug-likeness (QED) is 0.146. The third-order valence-corrected chi connectivity index (χ3v) is 7.67. The van der Waals surface area contributed by atoms with Crippen LogP contribution in [-0.2, 0) is 13.0 Å². The lowest BCUT2D eigenvalue weighted by Crippen LogP contribution is -2.05. The first-order chi connectivity index (χ1) is 21.1. The van der Waals surface area contributed by atoms with Gasteiger partial charge >= 0.3 is 0 Å². The molecular formula is C36H33FN6. The van der Waals surface area contributed by atoms with Crippen molar-refractivity contribution in [1.82, 2.24) is 30.5 Å². The van der Waals surface area contributed by atoms with Gasteiger partial charge in [0.05, 0.1) is 23.1 Å². The van der Waals surface area contributed by atoms with Gasteiger partial charge in [0.2, 0.25) is 0 Å². The zero-order chi connectivity index (χ0) is 29.8. The summed E-state index contributed by atoms with van der Waals surface area (Å²) >= 11 is 0. The normalized spacial score (nSPS) is 12.3. The number of nitrogens with one attached hydrogen (secondary N) is 3. The molecule has 4 heterocycles. The average molecular weight is 569 g/mol. The Labute approximate surface area is 250 Å². The largest absolute Gasteiger partial charge is 0.352 e. The Kier molecular flexibility index (Phi) is 8.07. The van der Waals surface area contributed by atoms with Gasteiger partial charge in [0, 0.05) is 40.8 Å². The molecule has 0 fully saturated rings. The minimum absolute atomic E-state index is 0.276. The molecule has 0 unspecified atom stereocenters. The highest BCUT2D eigenvalue weighted by molar-refractivity contribution is 6.00. The fraction of sp³-hybridized carbons (Fsp3) is 0.139. The molecule has 4 aromatic heterocycles. The van der Waals surface area contributed by atoms with E-state index in [-0.39, 0.29) is 5.82 Å². The van der Waals surface area contributed by atoms with Gasteiger partial charge in [-0.05, 0) is 85.0 Å². The molecule has 6 aromatic rings. The topological polar surface area (TPSA) is 82.3 Å². The van der Waals surface area contributed by atoms with E-state index < -0.39 is 0 Å². The van der Waals surface area contributed by atoms with E-state index in [9.17, 15) is 4.39 Å². The van der Waals surface area contributed by atoms with Gasteiger partial charge in [-0.25, -0.2) is 9.37 Å². The molecule has 3 N–H and O–H groups in total. The Morgan fingerprint density at radius 1 is 1.00 bits per heavy atom. The van der Waals surface area contributed by atoms with Crippen LogP contribution in [0.4, 0.5) is 4.39 Å². The van der Waals surface area contributed by atoms with Crippen LogP contribution >= 0.6 is 0 Å². The number of nitrogens with zero attached hydrogens (tertiary/aromatic N) is 3. The molecule has 0 saturated heterocycles. The van der Waals surface area contributed by atoms with E-state index in [4.69, 9.17) is 0 Å². The minimum atomic E-state index is -0.276. The smallest absolute Gasteiger partial charge is 0.181 e. The summed E-state index contributed by atoms with van der Waals surface area (Å²) in [6, 6.07) is 19.7. The van der Waals surface area contributed by atoms with Crippen LogP contribution in [0.25, 0.3) is 50.0 Å². The summed E-state index contributed by atoms with van der Waals surface area (Å²) in [4.78, 5) is 12.6. The molecule has 2 aromatic carbocycles. The second kappa shape index (κ2) is 12.4. The summed E-state index contributed by atoms with van der Waals surface area (Å²) in [7, 11) is 1.85. The van der Waals surface area contributed by atoms with Crippen LogP contribution in [-0.4, -0.2) is 32.2 Å².